The van der Waals surface area contributed by atoms with Crippen molar-refractivity contribution in [2.24, 2.45) is 0 Å². The van der Waals surface area contributed by atoms with E-state index in [9.17, 15) is 4.79 Å². The standard InChI is InChI=1S/C27H33BrN6O3/c1-27(2,3)37-26(35)34-13-11-17(12-14-34)18-9-10-22(23(15-18)36-4)32-25-30-16-19(28)24(33-25)31-21-8-6-5-7-20(21)29/h5-10,15-17H,11-14,29H2,1-4H3,(H2,30,31,32,33). The van der Waals surface area contributed by atoms with Crippen LogP contribution in [0.2, 0.25) is 0 Å². The average molecular weight is 570 g/mol. The van der Waals surface area contributed by atoms with E-state index >= 15 is 0 Å². The number of nitrogens with one attached hydrogen (secondary N) is 2. The number of likely N-dealkylation sites (tertiary alicyclic amines) is 1. The molecule has 0 atom stereocenters. The van der Waals surface area contributed by atoms with E-state index in [-0.39, 0.29) is 6.09 Å². The van der Waals surface area contributed by atoms with Crippen molar-refractivity contribution in [2.75, 3.05) is 36.6 Å². The summed E-state index contributed by atoms with van der Waals surface area (Å²) in [7, 11) is 1.64. The molecule has 4 rings (SSSR count). The third-order valence-electron chi connectivity index (χ3n) is 6.05. The Balaban J connectivity index is 1.44. The van der Waals surface area contributed by atoms with Gasteiger partial charge in [0, 0.05) is 19.3 Å². The molecule has 0 radical (unpaired) electrons. The predicted octanol–water partition coefficient (Wildman–Crippen LogP) is 6.43. The molecule has 0 bridgehead atoms. The van der Waals surface area contributed by atoms with E-state index in [1.807, 2.05) is 57.2 Å². The lowest BCUT2D eigenvalue weighted by atomic mass is 9.89. The molecular weight excluding hydrogens is 536 g/mol. The van der Waals surface area contributed by atoms with Gasteiger partial charge in [-0.15, -0.1) is 0 Å². The number of nitrogen functional groups attached to an aromatic ring is 1. The van der Waals surface area contributed by atoms with Crippen molar-refractivity contribution in [1.82, 2.24) is 14.9 Å². The van der Waals surface area contributed by atoms with Crippen LogP contribution >= 0.6 is 15.9 Å². The summed E-state index contributed by atoms with van der Waals surface area (Å²) in [6.07, 6.45) is 3.16. The van der Waals surface area contributed by atoms with Crippen molar-refractivity contribution in [1.29, 1.82) is 0 Å². The number of ether oxygens (including phenoxy) is 2. The molecule has 10 heteroatoms. The lowest BCUT2D eigenvalue weighted by Gasteiger charge is -2.33. The van der Waals surface area contributed by atoms with E-state index in [4.69, 9.17) is 15.2 Å². The van der Waals surface area contributed by atoms with Gasteiger partial charge in [-0.2, -0.15) is 4.98 Å². The Kier molecular flexibility index (Phi) is 8.06. The number of nitrogens with two attached hydrogens (primary N) is 1. The van der Waals surface area contributed by atoms with E-state index in [1.54, 1.807) is 18.2 Å². The van der Waals surface area contributed by atoms with E-state index < -0.39 is 5.60 Å². The number of para-hydroxylation sites is 2. The topological polar surface area (TPSA) is 115 Å². The molecule has 0 saturated carbocycles. The van der Waals surface area contributed by atoms with Crippen LogP contribution in [0.1, 0.15) is 45.1 Å². The second-order valence-electron chi connectivity index (χ2n) is 9.93. The summed E-state index contributed by atoms with van der Waals surface area (Å²) in [5, 5.41) is 6.50. The van der Waals surface area contributed by atoms with E-state index in [1.165, 1.54) is 5.56 Å². The van der Waals surface area contributed by atoms with E-state index in [0.29, 0.717) is 46.7 Å². The fourth-order valence-corrected chi connectivity index (χ4v) is 4.45. The molecule has 2 heterocycles. The van der Waals surface area contributed by atoms with E-state index in [2.05, 4.69) is 42.6 Å². The number of aromatic nitrogens is 2. The number of methoxy groups -OCH3 is 1. The number of anilines is 5. The number of carbonyl (C=O) groups is 1. The first-order valence-electron chi connectivity index (χ1n) is 12.2. The Morgan fingerprint density at radius 3 is 2.51 bits per heavy atom. The van der Waals surface area contributed by atoms with Crippen molar-refractivity contribution in [3.05, 3.63) is 58.7 Å². The summed E-state index contributed by atoms with van der Waals surface area (Å²) >= 11 is 3.49. The van der Waals surface area contributed by atoms with Crippen LogP contribution in [0.15, 0.2) is 53.1 Å². The number of rotatable bonds is 6. The number of halogens is 1. The number of carbonyl (C=O) groups excluding carboxylic acids is 1. The monoisotopic (exact) mass is 568 g/mol. The average Bonchev–Trinajstić information content (AvgIpc) is 2.86. The van der Waals surface area contributed by atoms with Crippen molar-refractivity contribution < 1.29 is 14.3 Å². The zero-order valence-corrected chi connectivity index (χ0v) is 23.1. The Hall–Kier alpha value is -3.53. The Bertz CT molecular complexity index is 1260. The molecular formula is C27H33BrN6O3. The molecule has 3 aromatic rings. The molecule has 1 amide bonds. The van der Waals surface area contributed by atoms with Gasteiger partial charge in [0.15, 0.2) is 0 Å². The summed E-state index contributed by atoms with van der Waals surface area (Å²) in [6, 6.07) is 13.6. The first kappa shape index (κ1) is 26.5. The largest absolute Gasteiger partial charge is 0.495 e. The second kappa shape index (κ2) is 11.2. The van der Waals surface area contributed by atoms with Gasteiger partial charge in [0.2, 0.25) is 5.95 Å². The third-order valence-corrected chi connectivity index (χ3v) is 6.63. The molecule has 0 unspecified atom stereocenters. The number of hydrogen-bond acceptors (Lipinski definition) is 8. The van der Waals surface area contributed by atoms with Crippen LogP contribution in [-0.2, 0) is 4.74 Å². The summed E-state index contributed by atoms with van der Waals surface area (Å²) < 4.78 is 11.9. The van der Waals surface area contributed by atoms with Crippen LogP contribution in [0.3, 0.4) is 0 Å². The van der Waals surface area contributed by atoms with Crippen molar-refractivity contribution >= 4 is 50.9 Å². The van der Waals surface area contributed by atoms with Gasteiger partial charge in [-0.05, 0) is 85.3 Å². The normalized spacial score (nSPS) is 14.2. The smallest absolute Gasteiger partial charge is 0.410 e. The molecule has 0 aliphatic carbocycles. The second-order valence-corrected chi connectivity index (χ2v) is 10.8. The first-order chi connectivity index (χ1) is 17.6. The maximum Gasteiger partial charge on any atom is 0.410 e. The maximum absolute atomic E-state index is 12.4. The maximum atomic E-state index is 12.4. The Morgan fingerprint density at radius 2 is 1.84 bits per heavy atom. The summed E-state index contributed by atoms with van der Waals surface area (Å²) in [6.45, 7) is 6.98. The number of hydrogen-bond donors (Lipinski definition) is 3. The van der Waals surface area contributed by atoms with Crippen LogP contribution in [0, 0.1) is 0 Å². The fourth-order valence-electron chi connectivity index (χ4n) is 4.16. The number of benzene rings is 2. The molecule has 9 nitrogen and oxygen atoms in total. The quantitative estimate of drug-likeness (QED) is 0.291. The number of piperidine rings is 1. The Morgan fingerprint density at radius 1 is 1.11 bits per heavy atom. The van der Waals surface area contributed by atoms with Gasteiger partial charge in [0.05, 0.1) is 28.6 Å². The zero-order chi connectivity index (χ0) is 26.6. The first-order valence-corrected chi connectivity index (χ1v) is 13.0. The highest BCUT2D eigenvalue weighted by molar-refractivity contribution is 9.10. The summed E-state index contributed by atoms with van der Waals surface area (Å²) in [5.41, 5.74) is 8.87. The molecule has 1 saturated heterocycles. The van der Waals surface area contributed by atoms with Gasteiger partial charge >= 0.3 is 6.09 Å². The van der Waals surface area contributed by atoms with Gasteiger partial charge < -0.3 is 30.7 Å². The molecule has 1 fully saturated rings. The fraction of sp³-hybridized carbons (Fsp3) is 0.370. The number of amides is 1. The van der Waals surface area contributed by atoms with Gasteiger partial charge in [-0.3, -0.25) is 0 Å². The number of nitrogens with zero attached hydrogens (tertiary/aromatic N) is 3. The van der Waals surface area contributed by atoms with Gasteiger partial charge in [0.1, 0.15) is 17.2 Å². The lowest BCUT2D eigenvalue weighted by molar-refractivity contribution is 0.0205. The minimum Gasteiger partial charge on any atom is -0.495 e. The lowest BCUT2D eigenvalue weighted by Crippen LogP contribution is -2.41. The predicted molar refractivity (Wildman–Crippen MR) is 150 cm³/mol. The molecule has 4 N–H and O–H groups in total. The highest BCUT2D eigenvalue weighted by Crippen LogP contribution is 2.35. The summed E-state index contributed by atoms with van der Waals surface area (Å²) in [5.74, 6) is 2.03. The van der Waals surface area contributed by atoms with Crippen molar-refractivity contribution in [2.45, 2.75) is 45.1 Å². The minimum absolute atomic E-state index is 0.249. The highest BCUT2D eigenvalue weighted by Gasteiger charge is 2.28. The van der Waals surface area contributed by atoms with Crippen LogP contribution in [0.4, 0.5) is 33.6 Å². The third kappa shape index (κ3) is 6.82. The molecule has 196 valence electrons. The van der Waals surface area contributed by atoms with Crippen LogP contribution in [0.25, 0.3) is 0 Å². The molecule has 1 aliphatic heterocycles. The SMILES string of the molecule is COc1cc(C2CCN(C(=O)OC(C)(C)C)CC2)ccc1Nc1ncc(Br)c(Nc2ccccc2N)n1. The highest BCUT2D eigenvalue weighted by atomic mass is 79.9. The van der Waals surface area contributed by atoms with Gasteiger partial charge in [-0.1, -0.05) is 18.2 Å². The van der Waals surface area contributed by atoms with Crippen molar-refractivity contribution in [3.8, 4) is 5.75 Å². The van der Waals surface area contributed by atoms with Gasteiger partial charge in [-0.25, -0.2) is 9.78 Å². The zero-order valence-electron chi connectivity index (χ0n) is 21.5. The molecule has 0 spiro atoms. The van der Waals surface area contributed by atoms with Gasteiger partial charge in [0.25, 0.3) is 0 Å². The Labute approximate surface area is 225 Å². The minimum atomic E-state index is -0.492. The van der Waals surface area contributed by atoms with Crippen molar-refractivity contribution in [3.63, 3.8) is 0 Å². The molecule has 2 aromatic carbocycles. The van der Waals surface area contributed by atoms with E-state index in [0.717, 1.165) is 24.2 Å². The van der Waals surface area contributed by atoms with Crippen LogP contribution in [0.5, 0.6) is 5.75 Å². The molecule has 1 aromatic heterocycles. The van der Waals surface area contributed by atoms with Crippen LogP contribution in [-0.4, -0.2) is 46.8 Å². The molecule has 1 aliphatic rings. The molecule has 37 heavy (non-hydrogen) atoms. The summed E-state index contributed by atoms with van der Waals surface area (Å²) in [4.78, 5) is 23.2. The van der Waals surface area contributed by atoms with Crippen LogP contribution < -0.4 is 21.1 Å².